The van der Waals surface area contributed by atoms with Crippen LogP contribution >= 0.6 is 0 Å². The van der Waals surface area contributed by atoms with Gasteiger partial charge in [0.1, 0.15) is 0 Å². The van der Waals surface area contributed by atoms with Crippen LogP contribution in [0.2, 0.25) is 0 Å². The van der Waals surface area contributed by atoms with Crippen LogP contribution < -0.4 is 10.2 Å². The van der Waals surface area contributed by atoms with Crippen molar-refractivity contribution >= 4 is 23.0 Å². The van der Waals surface area contributed by atoms with E-state index in [0.717, 1.165) is 24.5 Å². The maximum Gasteiger partial charge on any atom is 0.272 e. The molecular formula is C18H19N3O3. The second-order valence-electron chi connectivity index (χ2n) is 5.96. The van der Waals surface area contributed by atoms with Gasteiger partial charge in [0.2, 0.25) is 0 Å². The maximum atomic E-state index is 12.4. The number of anilines is 2. The maximum absolute atomic E-state index is 12.4. The predicted molar refractivity (Wildman–Crippen MR) is 93.7 cm³/mol. The number of amides is 1. The first-order valence-electron chi connectivity index (χ1n) is 7.96. The molecule has 0 unspecified atom stereocenters. The van der Waals surface area contributed by atoms with Crippen molar-refractivity contribution in [1.82, 2.24) is 0 Å². The largest absolute Gasteiger partial charge is 0.371 e. The van der Waals surface area contributed by atoms with Crippen LogP contribution in [0, 0.1) is 17.0 Å². The number of rotatable bonds is 4. The third-order valence-electron chi connectivity index (χ3n) is 4.23. The SMILES string of the molecule is Cc1cc(C(=O)Nc2cccc(N3CCCC3)c2)ccc1[N+](=O)[O-]. The van der Waals surface area contributed by atoms with Gasteiger partial charge in [-0.05, 0) is 50.1 Å². The van der Waals surface area contributed by atoms with Gasteiger partial charge in [-0.3, -0.25) is 14.9 Å². The number of benzene rings is 2. The summed E-state index contributed by atoms with van der Waals surface area (Å²) in [5.41, 5.74) is 2.72. The van der Waals surface area contributed by atoms with Crippen LogP contribution in [0.25, 0.3) is 0 Å². The van der Waals surface area contributed by atoms with Crippen LogP contribution in [0.4, 0.5) is 17.1 Å². The van der Waals surface area contributed by atoms with Crippen molar-refractivity contribution in [3.63, 3.8) is 0 Å². The van der Waals surface area contributed by atoms with Gasteiger partial charge in [-0.25, -0.2) is 0 Å². The summed E-state index contributed by atoms with van der Waals surface area (Å²) < 4.78 is 0. The molecule has 1 heterocycles. The number of hydrogen-bond acceptors (Lipinski definition) is 4. The number of carbonyl (C=O) groups is 1. The molecule has 24 heavy (non-hydrogen) atoms. The Morgan fingerprint density at radius 3 is 2.58 bits per heavy atom. The van der Waals surface area contributed by atoms with Crippen molar-refractivity contribution in [3.8, 4) is 0 Å². The van der Waals surface area contributed by atoms with E-state index in [0.29, 0.717) is 11.1 Å². The summed E-state index contributed by atoms with van der Waals surface area (Å²) in [7, 11) is 0. The van der Waals surface area contributed by atoms with E-state index in [9.17, 15) is 14.9 Å². The zero-order chi connectivity index (χ0) is 17.1. The van der Waals surface area contributed by atoms with Gasteiger partial charge in [-0.2, -0.15) is 0 Å². The second kappa shape index (κ2) is 6.70. The first kappa shape index (κ1) is 16.0. The van der Waals surface area contributed by atoms with E-state index < -0.39 is 4.92 Å². The minimum atomic E-state index is -0.448. The van der Waals surface area contributed by atoms with Crippen LogP contribution in [-0.2, 0) is 0 Å². The van der Waals surface area contributed by atoms with E-state index in [1.54, 1.807) is 6.92 Å². The fourth-order valence-corrected chi connectivity index (χ4v) is 2.96. The highest BCUT2D eigenvalue weighted by Crippen LogP contribution is 2.24. The van der Waals surface area contributed by atoms with Gasteiger partial charge in [0, 0.05) is 41.7 Å². The zero-order valence-corrected chi connectivity index (χ0v) is 13.5. The van der Waals surface area contributed by atoms with Gasteiger partial charge < -0.3 is 10.2 Å². The van der Waals surface area contributed by atoms with Crippen LogP contribution in [0.5, 0.6) is 0 Å². The minimum Gasteiger partial charge on any atom is -0.371 e. The Labute approximate surface area is 140 Å². The molecule has 2 aromatic carbocycles. The van der Waals surface area contributed by atoms with Crippen molar-refractivity contribution < 1.29 is 9.72 Å². The Morgan fingerprint density at radius 2 is 1.92 bits per heavy atom. The molecule has 0 radical (unpaired) electrons. The molecule has 0 bridgehead atoms. The number of nitro groups is 1. The van der Waals surface area contributed by atoms with Crippen LogP contribution in [0.1, 0.15) is 28.8 Å². The molecule has 0 aliphatic carbocycles. The molecule has 1 aliphatic heterocycles. The molecule has 1 saturated heterocycles. The van der Waals surface area contributed by atoms with Gasteiger partial charge in [-0.15, -0.1) is 0 Å². The van der Waals surface area contributed by atoms with Gasteiger partial charge in [0.25, 0.3) is 11.6 Å². The number of nitro benzene ring substituents is 1. The minimum absolute atomic E-state index is 0.0163. The smallest absolute Gasteiger partial charge is 0.272 e. The van der Waals surface area contributed by atoms with Gasteiger partial charge in [0.15, 0.2) is 0 Å². The fourth-order valence-electron chi connectivity index (χ4n) is 2.96. The zero-order valence-electron chi connectivity index (χ0n) is 13.5. The highest BCUT2D eigenvalue weighted by molar-refractivity contribution is 6.04. The standard InChI is InChI=1S/C18H19N3O3/c1-13-11-14(7-8-17(13)21(23)24)18(22)19-15-5-4-6-16(12-15)20-9-2-3-10-20/h4-8,11-12H,2-3,9-10H2,1H3,(H,19,22). The molecule has 0 aromatic heterocycles. The highest BCUT2D eigenvalue weighted by Gasteiger charge is 2.15. The van der Waals surface area contributed by atoms with E-state index in [2.05, 4.69) is 10.2 Å². The van der Waals surface area contributed by atoms with E-state index in [4.69, 9.17) is 0 Å². The molecule has 3 rings (SSSR count). The molecular weight excluding hydrogens is 306 g/mol. The Morgan fingerprint density at radius 1 is 1.17 bits per heavy atom. The lowest BCUT2D eigenvalue weighted by atomic mass is 10.1. The first-order chi connectivity index (χ1) is 11.5. The molecule has 1 amide bonds. The lowest BCUT2D eigenvalue weighted by Gasteiger charge is -2.18. The van der Waals surface area contributed by atoms with Crippen LogP contribution in [-0.4, -0.2) is 23.9 Å². The van der Waals surface area contributed by atoms with E-state index in [1.807, 2.05) is 24.3 Å². The molecule has 1 N–H and O–H groups in total. The van der Waals surface area contributed by atoms with E-state index >= 15 is 0 Å². The summed E-state index contributed by atoms with van der Waals surface area (Å²) in [6, 6.07) is 12.1. The van der Waals surface area contributed by atoms with Gasteiger partial charge in [0.05, 0.1) is 4.92 Å². The molecule has 1 aliphatic rings. The second-order valence-corrected chi connectivity index (χ2v) is 5.96. The van der Waals surface area contributed by atoms with Crippen molar-refractivity contribution in [1.29, 1.82) is 0 Å². The highest BCUT2D eigenvalue weighted by atomic mass is 16.6. The van der Waals surface area contributed by atoms with Crippen molar-refractivity contribution in [3.05, 3.63) is 63.7 Å². The quantitative estimate of drug-likeness (QED) is 0.686. The number of hydrogen-bond donors (Lipinski definition) is 1. The molecule has 0 saturated carbocycles. The third kappa shape index (κ3) is 3.37. The Hall–Kier alpha value is -2.89. The summed E-state index contributed by atoms with van der Waals surface area (Å²) in [5, 5.41) is 13.7. The Kier molecular flexibility index (Phi) is 4.46. The molecule has 0 atom stereocenters. The summed E-state index contributed by atoms with van der Waals surface area (Å²) >= 11 is 0. The van der Waals surface area contributed by atoms with Gasteiger partial charge in [-0.1, -0.05) is 6.07 Å². The summed E-state index contributed by atoms with van der Waals surface area (Å²) in [6.07, 6.45) is 2.39. The van der Waals surface area contributed by atoms with Gasteiger partial charge >= 0.3 is 0 Å². The average molecular weight is 325 g/mol. The molecule has 2 aromatic rings. The Bertz CT molecular complexity index is 783. The van der Waals surface area contributed by atoms with Crippen molar-refractivity contribution in [2.75, 3.05) is 23.3 Å². The molecule has 1 fully saturated rings. The predicted octanol–water partition coefficient (Wildman–Crippen LogP) is 3.76. The number of carbonyl (C=O) groups excluding carboxylic acids is 1. The molecule has 124 valence electrons. The summed E-state index contributed by atoms with van der Waals surface area (Å²) in [4.78, 5) is 25.1. The third-order valence-corrected chi connectivity index (χ3v) is 4.23. The fraction of sp³-hybridized carbons (Fsp3) is 0.278. The average Bonchev–Trinajstić information content (AvgIpc) is 3.09. The van der Waals surface area contributed by atoms with E-state index in [1.165, 1.54) is 31.0 Å². The van der Waals surface area contributed by atoms with Crippen LogP contribution in [0.3, 0.4) is 0 Å². The molecule has 6 nitrogen and oxygen atoms in total. The summed E-state index contributed by atoms with van der Waals surface area (Å²) in [5.74, 6) is -0.272. The normalized spacial score (nSPS) is 13.8. The van der Waals surface area contributed by atoms with E-state index in [-0.39, 0.29) is 11.6 Å². The van der Waals surface area contributed by atoms with Crippen LogP contribution in [0.15, 0.2) is 42.5 Å². The molecule has 0 spiro atoms. The topological polar surface area (TPSA) is 75.5 Å². The number of nitrogens with one attached hydrogen (secondary N) is 1. The lowest BCUT2D eigenvalue weighted by Crippen LogP contribution is -2.18. The molecule has 6 heteroatoms. The summed E-state index contributed by atoms with van der Waals surface area (Å²) in [6.45, 7) is 3.71. The number of aryl methyl sites for hydroxylation is 1. The monoisotopic (exact) mass is 325 g/mol. The van der Waals surface area contributed by atoms with Crippen molar-refractivity contribution in [2.45, 2.75) is 19.8 Å². The lowest BCUT2D eigenvalue weighted by molar-refractivity contribution is -0.385. The Balaban J connectivity index is 1.76. The first-order valence-corrected chi connectivity index (χ1v) is 7.96. The number of nitrogens with zero attached hydrogens (tertiary/aromatic N) is 2. The van der Waals surface area contributed by atoms with Crippen molar-refractivity contribution in [2.24, 2.45) is 0 Å².